The van der Waals surface area contributed by atoms with Crippen LogP contribution >= 0.6 is 11.3 Å². The smallest absolute Gasteiger partial charge is 0.241 e. The Hall–Kier alpha value is -0.960. The number of ether oxygens (including phenoxy) is 1. The molecular formula is C12H18NO5S2-. The Kier molecular flexibility index (Phi) is 5.69. The third-order valence-electron chi connectivity index (χ3n) is 2.78. The van der Waals surface area contributed by atoms with Gasteiger partial charge in [0.25, 0.3) is 0 Å². The number of hydrogen-bond acceptors (Lipinski definition) is 6. The van der Waals surface area contributed by atoms with Gasteiger partial charge in [0, 0.05) is 12.0 Å². The fourth-order valence-corrected chi connectivity index (χ4v) is 3.33. The summed E-state index contributed by atoms with van der Waals surface area (Å²) < 4.78 is 37.5. The molecule has 0 aromatic carbocycles. The SMILES string of the molecule is COCC(C)N(C(=O)CS(=O)(=O)[O-])c1c(C)csc1C. The van der Waals surface area contributed by atoms with E-state index in [9.17, 15) is 17.8 Å². The maximum Gasteiger partial charge on any atom is 0.241 e. The summed E-state index contributed by atoms with van der Waals surface area (Å²) in [7, 11) is -3.12. The van der Waals surface area contributed by atoms with E-state index in [2.05, 4.69) is 0 Å². The van der Waals surface area contributed by atoms with Gasteiger partial charge < -0.3 is 14.2 Å². The fraction of sp³-hybridized carbons (Fsp3) is 0.583. The first-order valence-electron chi connectivity index (χ1n) is 5.96. The Balaban J connectivity index is 3.19. The standard InChI is InChI=1S/C12H19NO5S2/c1-8-6-19-10(3)12(8)13(9(2)5-18-4)11(14)7-20(15,16)17/h6,9H,5,7H2,1-4H3,(H,15,16,17)/p-1. The first-order valence-corrected chi connectivity index (χ1v) is 8.42. The van der Waals surface area contributed by atoms with Gasteiger partial charge in [-0.3, -0.25) is 4.79 Å². The lowest BCUT2D eigenvalue weighted by Gasteiger charge is -2.30. The molecule has 0 saturated carbocycles. The largest absolute Gasteiger partial charge is 0.748 e. The molecule has 0 fully saturated rings. The van der Waals surface area contributed by atoms with E-state index in [1.54, 1.807) is 6.92 Å². The molecule has 1 rings (SSSR count). The van der Waals surface area contributed by atoms with Crippen molar-refractivity contribution in [2.24, 2.45) is 0 Å². The van der Waals surface area contributed by atoms with Crippen molar-refractivity contribution in [3.8, 4) is 0 Å². The van der Waals surface area contributed by atoms with E-state index in [0.717, 1.165) is 10.4 Å². The molecule has 0 bridgehead atoms. The maximum absolute atomic E-state index is 12.2. The summed E-state index contributed by atoms with van der Waals surface area (Å²) in [4.78, 5) is 14.4. The fourth-order valence-electron chi connectivity index (χ4n) is 2.05. The van der Waals surface area contributed by atoms with Crippen LogP contribution in [0.2, 0.25) is 0 Å². The second-order valence-corrected chi connectivity index (χ2v) is 7.08. The summed E-state index contributed by atoms with van der Waals surface area (Å²) in [6, 6.07) is -0.360. The van der Waals surface area contributed by atoms with E-state index in [1.165, 1.54) is 23.3 Å². The monoisotopic (exact) mass is 320 g/mol. The average Bonchev–Trinajstić information content (AvgIpc) is 2.59. The lowest BCUT2D eigenvalue weighted by Crippen LogP contribution is -2.44. The minimum atomic E-state index is -4.61. The van der Waals surface area contributed by atoms with E-state index in [-0.39, 0.29) is 12.6 Å². The van der Waals surface area contributed by atoms with Gasteiger partial charge in [-0.15, -0.1) is 11.3 Å². The van der Waals surface area contributed by atoms with Crippen LogP contribution in [0.15, 0.2) is 5.38 Å². The number of amides is 1. The van der Waals surface area contributed by atoms with Crippen molar-refractivity contribution < 1.29 is 22.5 Å². The van der Waals surface area contributed by atoms with E-state index in [0.29, 0.717) is 5.69 Å². The van der Waals surface area contributed by atoms with Crippen LogP contribution in [0.4, 0.5) is 5.69 Å². The molecule has 0 N–H and O–H groups in total. The summed E-state index contributed by atoms with van der Waals surface area (Å²) in [5.41, 5.74) is 1.53. The van der Waals surface area contributed by atoms with Crippen molar-refractivity contribution in [3.63, 3.8) is 0 Å². The number of aryl methyl sites for hydroxylation is 2. The number of carbonyl (C=O) groups is 1. The van der Waals surface area contributed by atoms with Gasteiger partial charge in [-0.2, -0.15) is 0 Å². The Morgan fingerprint density at radius 1 is 1.50 bits per heavy atom. The molecular weight excluding hydrogens is 302 g/mol. The number of thiophene rings is 1. The maximum atomic E-state index is 12.2. The summed E-state index contributed by atoms with van der Waals surface area (Å²) >= 11 is 1.47. The zero-order chi connectivity index (χ0) is 15.5. The summed E-state index contributed by atoms with van der Waals surface area (Å²) in [6.07, 6.45) is 0. The van der Waals surface area contributed by atoms with E-state index >= 15 is 0 Å². The Labute approximate surface area is 123 Å². The molecule has 0 aliphatic rings. The predicted molar refractivity (Wildman–Crippen MR) is 77.2 cm³/mol. The molecule has 6 nitrogen and oxygen atoms in total. The zero-order valence-electron chi connectivity index (χ0n) is 11.9. The third-order valence-corrected chi connectivity index (χ3v) is 4.40. The van der Waals surface area contributed by atoms with Crippen LogP contribution in [0.25, 0.3) is 0 Å². The van der Waals surface area contributed by atoms with Crippen LogP contribution < -0.4 is 4.90 Å². The number of hydrogen-bond donors (Lipinski definition) is 0. The molecule has 20 heavy (non-hydrogen) atoms. The third kappa shape index (κ3) is 4.27. The lowest BCUT2D eigenvalue weighted by atomic mass is 10.2. The summed E-state index contributed by atoms with van der Waals surface area (Å²) in [6.45, 7) is 5.68. The molecule has 0 radical (unpaired) electrons. The Morgan fingerprint density at radius 3 is 2.50 bits per heavy atom. The summed E-state index contributed by atoms with van der Waals surface area (Å²) in [5, 5.41) is 1.89. The molecule has 0 aliphatic carbocycles. The van der Waals surface area contributed by atoms with Crippen molar-refractivity contribution in [2.75, 3.05) is 24.4 Å². The number of carbonyl (C=O) groups excluding carboxylic acids is 1. The van der Waals surface area contributed by atoms with Crippen molar-refractivity contribution in [1.29, 1.82) is 0 Å². The highest BCUT2D eigenvalue weighted by Crippen LogP contribution is 2.32. The van der Waals surface area contributed by atoms with Crippen molar-refractivity contribution in [1.82, 2.24) is 0 Å². The van der Waals surface area contributed by atoms with Crippen molar-refractivity contribution in [2.45, 2.75) is 26.8 Å². The highest BCUT2D eigenvalue weighted by Gasteiger charge is 2.26. The van der Waals surface area contributed by atoms with Crippen LogP contribution in [0, 0.1) is 13.8 Å². The first-order chi connectivity index (χ1) is 9.17. The number of methoxy groups -OCH3 is 1. The van der Waals surface area contributed by atoms with Gasteiger partial charge in [0.2, 0.25) is 5.91 Å². The second kappa shape index (κ2) is 6.66. The van der Waals surface area contributed by atoms with Crippen LogP contribution in [-0.4, -0.2) is 44.4 Å². The van der Waals surface area contributed by atoms with Gasteiger partial charge in [-0.1, -0.05) is 0 Å². The molecule has 8 heteroatoms. The van der Waals surface area contributed by atoms with Crippen molar-refractivity contribution >= 4 is 33.0 Å². The predicted octanol–water partition coefficient (Wildman–Crippen LogP) is 1.28. The van der Waals surface area contributed by atoms with Gasteiger partial charge in [0.1, 0.15) is 15.9 Å². The molecule has 1 amide bonds. The Bertz CT molecular complexity index is 559. The van der Waals surface area contributed by atoms with E-state index < -0.39 is 21.8 Å². The van der Waals surface area contributed by atoms with Crippen molar-refractivity contribution in [3.05, 3.63) is 15.8 Å². The minimum absolute atomic E-state index is 0.249. The zero-order valence-corrected chi connectivity index (χ0v) is 13.5. The van der Waals surface area contributed by atoms with Crippen LogP contribution in [0.1, 0.15) is 17.4 Å². The van der Waals surface area contributed by atoms with Gasteiger partial charge in [-0.05, 0) is 31.7 Å². The van der Waals surface area contributed by atoms with Gasteiger partial charge in [0.05, 0.1) is 18.3 Å². The van der Waals surface area contributed by atoms with E-state index in [4.69, 9.17) is 4.74 Å². The highest BCUT2D eigenvalue weighted by molar-refractivity contribution is 7.86. The quantitative estimate of drug-likeness (QED) is 0.737. The molecule has 0 aliphatic heterocycles. The number of nitrogens with zero attached hydrogens (tertiary/aromatic N) is 1. The average molecular weight is 320 g/mol. The molecule has 0 saturated heterocycles. The van der Waals surface area contributed by atoms with Crippen LogP contribution in [0.5, 0.6) is 0 Å². The van der Waals surface area contributed by atoms with Gasteiger partial charge in [0.15, 0.2) is 0 Å². The first kappa shape index (κ1) is 17.1. The summed E-state index contributed by atoms with van der Waals surface area (Å²) in [5.74, 6) is -1.77. The van der Waals surface area contributed by atoms with Crippen LogP contribution in [0.3, 0.4) is 0 Å². The topological polar surface area (TPSA) is 86.7 Å². The number of rotatable bonds is 6. The Morgan fingerprint density at radius 2 is 2.10 bits per heavy atom. The van der Waals surface area contributed by atoms with Gasteiger partial charge >= 0.3 is 0 Å². The molecule has 1 atom stereocenters. The second-order valence-electron chi connectivity index (χ2n) is 4.59. The molecule has 1 unspecified atom stereocenters. The van der Waals surface area contributed by atoms with Gasteiger partial charge in [-0.25, -0.2) is 8.42 Å². The van der Waals surface area contributed by atoms with E-state index in [1.807, 2.05) is 19.2 Å². The molecule has 1 aromatic heterocycles. The molecule has 0 spiro atoms. The lowest BCUT2D eigenvalue weighted by molar-refractivity contribution is -0.117. The molecule has 1 aromatic rings. The molecule has 114 valence electrons. The highest BCUT2D eigenvalue weighted by atomic mass is 32.2. The number of anilines is 1. The molecule has 1 heterocycles. The minimum Gasteiger partial charge on any atom is -0.748 e. The normalized spacial score (nSPS) is 13.2. The van der Waals surface area contributed by atoms with Crippen LogP contribution in [-0.2, 0) is 19.6 Å².